The van der Waals surface area contributed by atoms with Gasteiger partial charge in [0.15, 0.2) is 0 Å². The van der Waals surface area contributed by atoms with Crippen LogP contribution in [0.1, 0.15) is 31.7 Å². The number of carboxylic acid groups (broad SMARTS) is 1. The van der Waals surface area contributed by atoms with Gasteiger partial charge in [0, 0.05) is 0 Å². The van der Waals surface area contributed by atoms with Gasteiger partial charge in [-0.1, -0.05) is 37.3 Å². The van der Waals surface area contributed by atoms with Crippen LogP contribution in [0.3, 0.4) is 0 Å². The Morgan fingerprint density at radius 3 is 2.50 bits per heavy atom. The fourth-order valence-electron chi connectivity index (χ4n) is 2.51. The van der Waals surface area contributed by atoms with E-state index in [1.165, 1.54) is 0 Å². The van der Waals surface area contributed by atoms with Crippen LogP contribution in [0.2, 0.25) is 0 Å². The molecule has 1 fully saturated rings. The minimum Gasteiger partial charge on any atom is -0.464 e. The Bertz CT molecular complexity index is 596. The number of nitrogens with zero attached hydrogens (tertiary/aromatic N) is 1. The van der Waals surface area contributed by atoms with Gasteiger partial charge < -0.3 is 9.84 Å². The smallest absolute Gasteiger partial charge is 0.421 e. The minimum atomic E-state index is -3.74. The maximum absolute atomic E-state index is 12.0. The average molecular weight is 327 g/mol. The molecular weight excluding hydrogens is 306 g/mol. The third-order valence-electron chi connectivity index (χ3n) is 3.68. The second-order valence-electron chi connectivity index (χ2n) is 5.44. The van der Waals surface area contributed by atoms with Crippen LogP contribution in [-0.4, -0.2) is 41.8 Å². The van der Waals surface area contributed by atoms with E-state index < -0.39 is 22.2 Å². The Hall–Kier alpha value is -1.60. The van der Waals surface area contributed by atoms with Gasteiger partial charge in [0.2, 0.25) is 10.0 Å². The van der Waals surface area contributed by atoms with Gasteiger partial charge in [-0.2, -0.15) is 0 Å². The Morgan fingerprint density at radius 2 is 1.95 bits per heavy atom. The highest BCUT2D eigenvalue weighted by molar-refractivity contribution is 7.89. The number of ether oxygens (including phenoxy) is 1. The molecule has 6 nitrogen and oxygen atoms in total. The monoisotopic (exact) mass is 327 g/mol. The molecule has 0 aliphatic heterocycles. The Morgan fingerprint density at radius 1 is 1.32 bits per heavy atom. The largest absolute Gasteiger partial charge is 0.464 e. The second-order valence-corrected chi connectivity index (χ2v) is 7.40. The molecule has 0 radical (unpaired) electrons. The zero-order chi connectivity index (χ0) is 16.2. The molecule has 1 aromatic carbocycles. The number of amides is 1. The molecule has 122 valence electrons. The topological polar surface area (TPSA) is 83.9 Å². The summed E-state index contributed by atoms with van der Waals surface area (Å²) in [7, 11) is -3.74. The Labute approximate surface area is 130 Å². The molecule has 0 saturated heterocycles. The summed E-state index contributed by atoms with van der Waals surface area (Å²) in [5.41, 5.74) is 1.04. The van der Waals surface area contributed by atoms with Crippen molar-refractivity contribution in [3.05, 3.63) is 35.9 Å². The van der Waals surface area contributed by atoms with Gasteiger partial charge >= 0.3 is 6.09 Å². The van der Waals surface area contributed by atoms with Crippen molar-refractivity contribution in [2.75, 3.05) is 5.75 Å². The first-order valence-electron chi connectivity index (χ1n) is 7.34. The number of hydrogen-bond acceptors (Lipinski definition) is 4. The summed E-state index contributed by atoms with van der Waals surface area (Å²) in [6.45, 7) is 2.16. The van der Waals surface area contributed by atoms with Crippen molar-refractivity contribution in [1.29, 1.82) is 0 Å². The number of hydrogen-bond donors (Lipinski definition) is 1. The molecule has 1 saturated carbocycles. The zero-order valence-corrected chi connectivity index (χ0v) is 13.3. The summed E-state index contributed by atoms with van der Waals surface area (Å²) in [4.78, 5) is 11.2. The zero-order valence-electron chi connectivity index (χ0n) is 12.5. The van der Waals surface area contributed by atoms with Crippen LogP contribution in [0, 0.1) is 0 Å². The molecule has 0 heterocycles. The van der Waals surface area contributed by atoms with Crippen LogP contribution in [0.5, 0.6) is 0 Å². The number of carbonyl (C=O) groups is 1. The highest BCUT2D eigenvalue weighted by Crippen LogP contribution is 2.31. The van der Waals surface area contributed by atoms with Gasteiger partial charge in [-0.3, -0.25) is 0 Å². The van der Waals surface area contributed by atoms with E-state index in [1.54, 1.807) is 6.92 Å². The van der Waals surface area contributed by atoms with Crippen molar-refractivity contribution in [2.45, 2.75) is 44.9 Å². The van der Waals surface area contributed by atoms with E-state index in [4.69, 9.17) is 4.74 Å². The van der Waals surface area contributed by atoms with Gasteiger partial charge in [0.05, 0.1) is 24.5 Å². The van der Waals surface area contributed by atoms with E-state index >= 15 is 0 Å². The summed E-state index contributed by atoms with van der Waals surface area (Å²) < 4.78 is 30.3. The molecule has 2 rings (SSSR count). The lowest BCUT2D eigenvalue weighted by Crippen LogP contribution is -2.53. The SMILES string of the molecule is CCCS(=O)(=O)N(C(=O)O)C1CC(OCc2ccccc2)C1. The van der Waals surface area contributed by atoms with Crippen LogP contribution < -0.4 is 0 Å². The molecule has 22 heavy (non-hydrogen) atoms. The molecule has 1 aromatic rings. The van der Waals surface area contributed by atoms with Crippen molar-refractivity contribution < 1.29 is 23.1 Å². The predicted octanol–water partition coefficient (Wildman–Crippen LogP) is 2.45. The third kappa shape index (κ3) is 3.98. The maximum atomic E-state index is 12.0. The molecule has 0 aromatic heterocycles. The van der Waals surface area contributed by atoms with Crippen molar-refractivity contribution >= 4 is 16.1 Å². The van der Waals surface area contributed by atoms with E-state index in [-0.39, 0.29) is 11.9 Å². The number of sulfonamides is 1. The standard InChI is InChI=1S/C15H21NO5S/c1-2-8-22(19,20)16(15(17)18)13-9-14(10-13)21-11-12-6-4-3-5-7-12/h3-7,13-14H,2,8-11H2,1H3,(H,17,18). The van der Waals surface area contributed by atoms with Crippen LogP contribution in [0.25, 0.3) is 0 Å². The van der Waals surface area contributed by atoms with Crippen LogP contribution >= 0.6 is 0 Å². The van der Waals surface area contributed by atoms with Gasteiger partial charge in [0.1, 0.15) is 0 Å². The summed E-state index contributed by atoms with van der Waals surface area (Å²) in [6.07, 6.45) is -0.263. The molecule has 0 atom stereocenters. The molecule has 0 bridgehead atoms. The van der Waals surface area contributed by atoms with Crippen molar-refractivity contribution in [3.63, 3.8) is 0 Å². The second kappa shape index (κ2) is 7.11. The van der Waals surface area contributed by atoms with E-state index in [1.807, 2.05) is 30.3 Å². The van der Waals surface area contributed by atoms with E-state index in [0.717, 1.165) is 5.56 Å². The first-order valence-corrected chi connectivity index (χ1v) is 8.95. The van der Waals surface area contributed by atoms with E-state index in [9.17, 15) is 18.3 Å². The fourth-order valence-corrected chi connectivity index (χ4v) is 4.09. The lowest BCUT2D eigenvalue weighted by atomic mass is 9.89. The first kappa shape index (κ1) is 16.8. The van der Waals surface area contributed by atoms with Crippen LogP contribution in [0.15, 0.2) is 30.3 Å². The normalized spacial score (nSPS) is 21.1. The molecular formula is C15H21NO5S. The van der Waals surface area contributed by atoms with E-state index in [0.29, 0.717) is 30.2 Å². The predicted molar refractivity (Wildman–Crippen MR) is 82.0 cm³/mol. The quantitative estimate of drug-likeness (QED) is 0.831. The molecule has 1 amide bonds. The van der Waals surface area contributed by atoms with Crippen LogP contribution in [0.4, 0.5) is 4.79 Å². The van der Waals surface area contributed by atoms with E-state index in [2.05, 4.69) is 0 Å². The van der Waals surface area contributed by atoms with Gasteiger partial charge in [0.25, 0.3) is 0 Å². The molecule has 0 unspecified atom stereocenters. The fraction of sp³-hybridized carbons (Fsp3) is 0.533. The van der Waals surface area contributed by atoms with Crippen molar-refractivity contribution in [2.24, 2.45) is 0 Å². The molecule has 7 heteroatoms. The van der Waals surface area contributed by atoms with Crippen molar-refractivity contribution in [1.82, 2.24) is 4.31 Å². The highest BCUT2D eigenvalue weighted by atomic mass is 32.2. The Balaban J connectivity index is 1.87. The lowest BCUT2D eigenvalue weighted by Gasteiger charge is -2.40. The highest BCUT2D eigenvalue weighted by Gasteiger charge is 2.42. The molecule has 1 aliphatic carbocycles. The number of benzene rings is 1. The lowest BCUT2D eigenvalue weighted by molar-refractivity contribution is -0.0392. The summed E-state index contributed by atoms with van der Waals surface area (Å²) >= 11 is 0. The summed E-state index contributed by atoms with van der Waals surface area (Å²) in [5.74, 6) is -0.147. The van der Waals surface area contributed by atoms with Crippen molar-refractivity contribution in [3.8, 4) is 0 Å². The van der Waals surface area contributed by atoms with Gasteiger partial charge in [-0.05, 0) is 24.8 Å². The first-order chi connectivity index (χ1) is 10.4. The summed E-state index contributed by atoms with van der Waals surface area (Å²) in [6, 6.07) is 9.16. The number of rotatable bonds is 7. The molecule has 1 aliphatic rings. The average Bonchev–Trinajstić information content (AvgIpc) is 2.41. The summed E-state index contributed by atoms with van der Waals surface area (Å²) in [5, 5.41) is 9.17. The third-order valence-corrected chi connectivity index (χ3v) is 5.66. The van der Waals surface area contributed by atoms with Gasteiger partial charge in [-0.25, -0.2) is 17.5 Å². The minimum absolute atomic E-state index is 0.0936. The molecule has 1 N–H and O–H groups in total. The Kier molecular flexibility index (Phi) is 5.42. The van der Waals surface area contributed by atoms with Crippen LogP contribution in [-0.2, 0) is 21.4 Å². The maximum Gasteiger partial charge on any atom is 0.421 e. The van der Waals surface area contributed by atoms with Gasteiger partial charge in [-0.15, -0.1) is 0 Å². The molecule has 0 spiro atoms.